The number of anilines is 2. The van der Waals surface area contributed by atoms with Gasteiger partial charge in [0, 0.05) is 17.1 Å². The molecule has 0 aliphatic carbocycles. The summed E-state index contributed by atoms with van der Waals surface area (Å²) in [6, 6.07) is 13.1. The van der Waals surface area contributed by atoms with Crippen molar-refractivity contribution in [2.75, 3.05) is 19.5 Å². The zero-order valence-corrected chi connectivity index (χ0v) is 14.3. The molecule has 0 spiro atoms. The lowest BCUT2D eigenvalue weighted by Gasteiger charge is -2.09. The molecule has 126 valence electrons. The molecule has 0 radical (unpaired) electrons. The van der Waals surface area contributed by atoms with Gasteiger partial charge in [-0.05, 0) is 24.3 Å². The summed E-state index contributed by atoms with van der Waals surface area (Å²) in [7, 11) is 3.18. The van der Waals surface area contributed by atoms with Crippen LogP contribution in [0.4, 0.5) is 11.6 Å². The molecule has 0 fully saturated rings. The van der Waals surface area contributed by atoms with Crippen molar-refractivity contribution in [1.82, 2.24) is 19.6 Å². The first-order valence-corrected chi connectivity index (χ1v) is 7.87. The second kappa shape index (κ2) is 6.10. The predicted molar refractivity (Wildman–Crippen MR) is 96.1 cm³/mol. The Kier molecular flexibility index (Phi) is 3.77. The van der Waals surface area contributed by atoms with Gasteiger partial charge in [-0.3, -0.25) is 0 Å². The Bertz CT molecular complexity index is 1080. The maximum absolute atomic E-state index is 6.24. The summed E-state index contributed by atoms with van der Waals surface area (Å²) in [4.78, 5) is 8.69. The van der Waals surface area contributed by atoms with Crippen LogP contribution in [0.2, 0.25) is 5.15 Å². The molecule has 0 aliphatic heterocycles. The summed E-state index contributed by atoms with van der Waals surface area (Å²) in [5.41, 5.74) is 1.61. The van der Waals surface area contributed by atoms with E-state index in [2.05, 4.69) is 20.4 Å². The van der Waals surface area contributed by atoms with Crippen LogP contribution in [0.1, 0.15) is 0 Å². The van der Waals surface area contributed by atoms with Crippen molar-refractivity contribution >= 4 is 39.9 Å². The molecule has 4 aromatic rings. The Morgan fingerprint density at radius 1 is 1.00 bits per heavy atom. The van der Waals surface area contributed by atoms with Crippen molar-refractivity contribution in [2.24, 2.45) is 0 Å². The van der Waals surface area contributed by atoms with Crippen LogP contribution in [-0.2, 0) is 0 Å². The number of aromatic nitrogens is 4. The van der Waals surface area contributed by atoms with Crippen LogP contribution in [0, 0.1) is 0 Å². The Morgan fingerprint density at radius 2 is 1.80 bits per heavy atom. The van der Waals surface area contributed by atoms with Gasteiger partial charge in [0.15, 0.2) is 11.5 Å². The van der Waals surface area contributed by atoms with Gasteiger partial charge in [-0.25, -0.2) is 0 Å². The number of nitrogens with zero attached hydrogens (tertiary/aromatic N) is 4. The summed E-state index contributed by atoms with van der Waals surface area (Å²) in [5, 5.41) is 8.83. The SMILES string of the molecule is COc1ccc(Nc2nc3nc(Cl)c4ccccc4n3n2)cc1OC. The first-order chi connectivity index (χ1) is 12.2. The predicted octanol–water partition coefficient (Wildman–Crippen LogP) is 3.69. The second-order valence-electron chi connectivity index (χ2n) is 5.26. The molecular formula is C17H14ClN5O2. The molecule has 0 amide bonds. The van der Waals surface area contributed by atoms with Crippen LogP contribution in [0.3, 0.4) is 0 Å². The topological polar surface area (TPSA) is 73.6 Å². The van der Waals surface area contributed by atoms with E-state index in [-0.39, 0.29) is 0 Å². The van der Waals surface area contributed by atoms with Crippen molar-refractivity contribution in [2.45, 2.75) is 0 Å². The number of methoxy groups -OCH3 is 2. The molecule has 0 aliphatic rings. The van der Waals surface area contributed by atoms with Gasteiger partial charge < -0.3 is 14.8 Å². The van der Waals surface area contributed by atoms with Crippen LogP contribution in [0.25, 0.3) is 16.7 Å². The van der Waals surface area contributed by atoms with E-state index in [1.165, 1.54) is 0 Å². The summed E-state index contributed by atoms with van der Waals surface area (Å²) >= 11 is 6.24. The van der Waals surface area contributed by atoms with Gasteiger partial charge in [0.05, 0.1) is 19.7 Å². The quantitative estimate of drug-likeness (QED) is 0.563. The molecule has 0 saturated heterocycles. The standard InChI is InChI=1S/C17H14ClN5O2/c1-24-13-8-7-10(9-14(13)25-2)19-16-21-17-20-15(18)11-5-3-4-6-12(11)23(17)22-16/h3-9H,1-2H3,(H,19,22). The van der Waals surface area contributed by atoms with Gasteiger partial charge in [-0.15, -0.1) is 5.10 Å². The summed E-state index contributed by atoms with van der Waals surface area (Å²) < 4.78 is 12.2. The number of hydrogen-bond donors (Lipinski definition) is 1. The molecule has 0 saturated carbocycles. The minimum absolute atomic E-state index is 0.396. The highest BCUT2D eigenvalue weighted by atomic mass is 35.5. The fourth-order valence-corrected chi connectivity index (χ4v) is 2.85. The molecule has 2 aromatic carbocycles. The Balaban J connectivity index is 1.77. The van der Waals surface area contributed by atoms with E-state index < -0.39 is 0 Å². The summed E-state index contributed by atoms with van der Waals surface area (Å²) in [6.45, 7) is 0. The van der Waals surface area contributed by atoms with Gasteiger partial charge in [-0.1, -0.05) is 23.7 Å². The largest absolute Gasteiger partial charge is 0.493 e. The average molecular weight is 356 g/mol. The third-order valence-electron chi connectivity index (χ3n) is 3.78. The number of para-hydroxylation sites is 1. The highest BCUT2D eigenvalue weighted by Gasteiger charge is 2.12. The van der Waals surface area contributed by atoms with Crippen molar-refractivity contribution in [3.63, 3.8) is 0 Å². The lowest BCUT2D eigenvalue weighted by molar-refractivity contribution is 0.355. The Hall–Kier alpha value is -3.06. The molecule has 1 N–H and O–H groups in total. The van der Waals surface area contributed by atoms with Crippen LogP contribution >= 0.6 is 11.6 Å². The fraction of sp³-hybridized carbons (Fsp3) is 0.118. The van der Waals surface area contributed by atoms with E-state index >= 15 is 0 Å². The number of halogens is 1. The molecule has 0 atom stereocenters. The van der Waals surface area contributed by atoms with Gasteiger partial charge >= 0.3 is 0 Å². The zero-order chi connectivity index (χ0) is 17.4. The minimum atomic E-state index is 0.396. The fourth-order valence-electron chi connectivity index (χ4n) is 2.61. The van der Waals surface area contributed by atoms with Gasteiger partial charge in [0.1, 0.15) is 5.15 Å². The van der Waals surface area contributed by atoms with E-state index in [1.807, 2.05) is 42.5 Å². The number of nitrogens with one attached hydrogen (secondary N) is 1. The number of hydrogen-bond acceptors (Lipinski definition) is 6. The number of ether oxygens (including phenoxy) is 2. The first kappa shape index (κ1) is 15.5. The van der Waals surface area contributed by atoms with Crippen molar-refractivity contribution < 1.29 is 9.47 Å². The van der Waals surface area contributed by atoms with Crippen molar-refractivity contribution in [1.29, 1.82) is 0 Å². The molecular weight excluding hydrogens is 342 g/mol. The van der Waals surface area contributed by atoms with Crippen LogP contribution in [0.5, 0.6) is 11.5 Å². The van der Waals surface area contributed by atoms with Crippen LogP contribution in [-0.4, -0.2) is 33.8 Å². The molecule has 8 heteroatoms. The van der Waals surface area contributed by atoms with E-state index in [4.69, 9.17) is 21.1 Å². The molecule has 2 aromatic heterocycles. The smallest absolute Gasteiger partial charge is 0.256 e. The lowest BCUT2D eigenvalue weighted by atomic mass is 10.2. The zero-order valence-electron chi connectivity index (χ0n) is 13.5. The number of rotatable bonds is 4. The third-order valence-corrected chi connectivity index (χ3v) is 4.07. The Morgan fingerprint density at radius 3 is 2.60 bits per heavy atom. The van der Waals surface area contributed by atoms with Crippen molar-refractivity contribution in [3.8, 4) is 11.5 Å². The number of benzene rings is 2. The maximum atomic E-state index is 6.24. The lowest BCUT2D eigenvalue weighted by Crippen LogP contribution is -1.96. The van der Waals surface area contributed by atoms with E-state index in [9.17, 15) is 0 Å². The number of fused-ring (bicyclic) bond motifs is 3. The monoisotopic (exact) mass is 355 g/mol. The van der Waals surface area contributed by atoms with Crippen LogP contribution in [0.15, 0.2) is 42.5 Å². The molecule has 0 unspecified atom stereocenters. The highest BCUT2D eigenvalue weighted by molar-refractivity contribution is 6.34. The molecule has 7 nitrogen and oxygen atoms in total. The molecule has 2 heterocycles. The second-order valence-corrected chi connectivity index (χ2v) is 5.62. The highest BCUT2D eigenvalue weighted by Crippen LogP contribution is 2.31. The van der Waals surface area contributed by atoms with E-state index in [1.54, 1.807) is 18.7 Å². The normalized spacial score (nSPS) is 11.0. The molecule has 25 heavy (non-hydrogen) atoms. The third kappa shape index (κ3) is 2.68. The minimum Gasteiger partial charge on any atom is -0.493 e. The summed E-state index contributed by atoms with van der Waals surface area (Å²) in [5.74, 6) is 2.09. The summed E-state index contributed by atoms with van der Waals surface area (Å²) in [6.07, 6.45) is 0. The average Bonchev–Trinajstić information content (AvgIpc) is 3.04. The first-order valence-electron chi connectivity index (χ1n) is 7.49. The van der Waals surface area contributed by atoms with E-state index in [0.717, 1.165) is 16.6 Å². The van der Waals surface area contributed by atoms with E-state index in [0.29, 0.717) is 28.4 Å². The molecule has 0 bridgehead atoms. The van der Waals surface area contributed by atoms with Gasteiger partial charge in [0.25, 0.3) is 5.78 Å². The van der Waals surface area contributed by atoms with Gasteiger partial charge in [-0.2, -0.15) is 14.5 Å². The van der Waals surface area contributed by atoms with Crippen LogP contribution < -0.4 is 14.8 Å². The molecule has 4 rings (SSSR count). The Labute approximate surface area is 148 Å². The van der Waals surface area contributed by atoms with Crippen molar-refractivity contribution in [3.05, 3.63) is 47.6 Å². The van der Waals surface area contributed by atoms with Gasteiger partial charge in [0.2, 0.25) is 5.95 Å². The maximum Gasteiger partial charge on any atom is 0.256 e.